The second-order valence-electron chi connectivity index (χ2n) is 16.5. The number of aromatic amines is 2. The van der Waals surface area contributed by atoms with Crippen LogP contribution in [0.1, 0.15) is 76.1 Å². The third kappa shape index (κ3) is 8.83. The highest BCUT2D eigenvalue weighted by atomic mass is 16.5. The number of rotatable bonds is 11. The monoisotopic (exact) mass is 830 g/mol. The van der Waals surface area contributed by atoms with Crippen LogP contribution in [-0.2, 0) is 23.8 Å². The van der Waals surface area contributed by atoms with Crippen LogP contribution in [-0.4, -0.2) is 106 Å². The van der Waals surface area contributed by atoms with Gasteiger partial charge in [0.15, 0.2) is 0 Å². The Kier molecular flexibility index (Phi) is 12.4. The summed E-state index contributed by atoms with van der Waals surface area (Å²) in [5, 5.41) is 7.71. The van der Waals surface area contributed by atoms with Crippen molar-refractivity contribution in [2.45, 2.75) is 76.5 Å². The summed E-state index contributed by atoms with van der Waals surface area (Å²) in [6, 6.07) is 19.3. The molecule has 3 aliphatic rings. The van der Waals surface area contributed by atoms with Gasteiger partial charge in [0.2, 0.25) is 11.8 Å². The highest BCUT2D eigenvalue weighted by molar-refractivity contribution is 5.91. The topological polar surface area (TPSA) is 184 Å². The smallest absolute Gasteiger partial charge is 0.407 e. The maximum Gasteiger partial charge on any atom is 0.407 e. The Hall–Kier alpha value is -6.22. The molecular weight excluding hydrogens is 777 g/mol. The first-order valence-electron chi connectivity index (χ1n) is 21.2. The number of carbonyl (C=O) groups excluding carboxylic acids is 4. The fraction of sp³-hybridized carbons (Fsp3) is 0.435. The molecule has 4 amide bonds. The first-order chi connectivity index (χ1) is 29.6. The summed E-state index contributed by atoms with van der Waals surface area (Å²) in [5.41, 5.74) is 5.88. The minimum absolute atomic E-state index is 0.0265. The fourth-order valence-corrected chi connectivity index (χ4v) is 9.04. The molecule has 0 aliphatic carbocycles. The number of imidazole rings is 2. The lowest BCUT2D eigenvalue weighted by Crippen LogP contribution is -2.53. The number of nitrogens with one attached hydrogen (secondary N) is 4. The molecule has 4 atom stereocenters. The van der Waals surface area contributed by atoms with Crippen LogP contribution < -0.4 is 10.6 Å². The Bertz CT molecular complexity index is 2370. The van der Waals surface area contributed by atoms with Gasteiger partial charge in [-0.05, 0) is 90.0 Å². The van der Waals surface area contributed by atoms with Crippen LogP contribution in [0.4, 0.5) is 9.59 Å². The summed E-state index contributed by atoms with van der Waals surface area (Å²) in [6.07, 6.45) is 7.05. The summed E-state index contributed by atoms with van der Waals surface area (Å²) >= 11 is 0. The molecule has 4 unspecified atom stereocenters. The zero-order chi connectivity index (χ0) is 42.6. The van der Waals surface area contributed by atoms with Gasteiger partial charge in [0.25, 0.3) is 0 Å². The van der Waals surface area contributed by atoms with Crippen LogP contribution in [0.15, 0.2) is 73.1 Å². The first kappa shape index (κ1) is 41.5. The first-order valence-corrected chi connectivity index (χ1v) is 21.2. The molecule has 15 nitrogen and oxygen atoms in total. The molecule has 0 bridgehead atoms. The molecule has 0 spiro atoms. The number of nitrogens with zero attached hydrogens (tertiary/aromatic N) is 4. The Morgan fingerprint density at radius 3 is 1.77 bits per heavy atom. The number of fused-ring (bicyclic) bond motifs is 1. The third-order valence-corrected chi connectivity index (χ3v) is 12.4. The van der Waals surface area contributed by atoms with E-state index in [2.05, 4.69) is 81.3 Å². The number of hydrogen-bond donors (Lipinski definition) is 4. The van der Waals surface area contributed by atoms with Gasteiger partial charge in [0.1, 0.15) is 23.7 Å². The van der Waals surface area contributed by atoms with Crippen LogP contribution >= 0.6 is 0 Å². The Morgan fingerprint density at radius 1 is 0.672 bits per heavy atom. The van der Waals surface area contributed by atoms with Crippen LogP contribution in [0.2, 0.25) is 0 Å². The Labute approximate surface area is 354 Å². The van der Waals surface area contributed by atoms with E-state index in [9.17, 15) is 19.2 Å². The van der Waals surface area contributed by atoms with Gasteiger partial charge < -0.3 is 44.6 Å². The van der Waals surface area contributed by atoms with E-state index < -0.39 is 24.3 Å². The molecule has 2 aromatic heterocycles. The van der Waals surface area contributed by atoms with E-state index in [1.807, 2.05) is 36.0 Å². The highest BCUT2D eigenvalue weighted by Crippen LogP contribution is 2.36. The van der Waals surface area contributed by atoms with Crippen molar-refractivity contribution in [2.24, 2.45) is 11.8 Å². The van der Waals surface area contributed by atoms with Crippen molar-refractivity contribution >= 4 is 34.8 Å². The number of hydrogen-bond acceptors (Lipinski definition) is 9. The minimum Gasteiger partial charge on any atom is -0.453 e. The van der Waals surface area contributed by atoms with Crippen molar-refractivity contribution in [1.29, 1.82) is 0 Å². The molecule has 15 heteroatoms. The lowest BCUT2D eigenvalue weighted by molar-refractivity contribution is -0.137. The van der Waals surface area contributed by atoms with Crippen LogP contribution in [0, 0.1) is 11.8 Å². The van der Waals surface area contributed by atoms with Crippen molar-refractivity contribution < 1.29 is 33.4 Å². The van der Waals surface area contributed by atoms with Gasteiger partial charge >= 0.3 is 12.2 Å². The van der Waals surface area contributed by atoms with Crippen molar-refractivity contribution in [1.82, 2.24) is 40.4 Å². The number of methoxy groups -OCH3 is 2. The number of carbonyl (C=O) groups is 4. The van der Waals surface area contributed by atoms with E-state index >= 15 is 0 Å². The quantitative estimate of drug-likeness (QED) is 0.107. The SMILES string of the molecule is COC(=O)NC(C(=O)N1CCCC1c1ncc(-c2ccc3cc(-c4ccc(-c5cnc(C6CCCN6C(=O)C(NC(=O)OC)C6CCOCC6)[nH]5)cc4)ccc3c2)[nH]1)C(C)C. The van der Waals surface area contributed by atoms with Gasteiger partial charge in [0.05, 0.1) is 50.1 Å². The zero-order valence-corrected chi connectivity index (χ0v) is 35.1. The molecule has 5 aromatic rings. The van der Waals surface area contributed by atoms with Gasteiger partial charge in [-0.1, -0.05) is 62.4 Å². The maximum atomic E-state index is 14.0. The summed E-state index contributed by atoms with van der Waals surface area (Å²) in [5.74, 6) is 1.07. The molecule has 3 aromatic carbocycles. The molecule has 8 rings (SSSR count). The lowest BCUT2D eigenvalue weighted by atomic mass is 9.90. The van der Waals surface area contributed by atoms with E-state index in [0.29, 0.717) is 39.1 Å². The number of ether oxygens (including phenoxy) is 3. The number of likely N-dealkylation sites (tertiary alicyclic amines) is 2. The predicted octanol–water partition coefficient (Wildman–Crippen LogP) is 7.15. The number of H-pyrrole nitrogens is 2. The van der Waals surface area contributed by atoms with E-state index in [1.165, 1.54) is 14.2 Å². The second kappa shape index (κ2) is 18.2. The van der Waals surface area contributed by atoms with Gasteiger partial charge in [-0.2, -0.15) is 0 Å². The molecule has 3 aliphatic heterocycles. The predicted molar refractivity (Wildman–Crippen MR) is 229 cm³/mol. The van der Waals surface area contributed by atoms with Crippen LogP contribution in [0.3, 0.4) is 0 Å². The number of amides is 4. The van der Waals surface area contributed by atoms with Gasteiger partial charge in [-0.25, -0.2) is 19.6 Å². The van der Waals surface area contributed by atoms with Crippen LogP contribution in [0.5, 0.6) is 0 Å². The van der Waals surface area contributed by atoms with Crippen molar-refractivity contribution in [3.05, 3.63) is 84.7 Å². The number of alkyl carbamates (subject to hydrolysis) is 2. The number of aromatic nitrogens is 4. The van der Waals surface area contributed by atoms with Crippen molar-refractivity contribution in [3.8, 4) is 33.6 Å². The van der Waals surface area contributed by atoms with E-state index in [0.717, 1.165) is 81.7 Å². The largest absolute Gasteiger partial charge is 0.453 e. The van der Waals surface area contributed by atoms with E-state index in [-0.39, 0.29) is 35.7 Å². The zero-order valence-electron chi connectivity index (χ0n) is 35.1. The molecule has 5 heterocycles. The molecule has 4 N–H and O–H groups in total. The highest BCUT2D eigenvalue weighted by Gasteiger charge is 2.40. The third-order valence-electron chi connectivity index (χ3n) is 12.4. The van der Waals surface area contributed by atoms with E-state index in [4.69, 9.17) is 24.2 Å². The second-order valence-corrected chi connectivity index (χ2v) is 16.5. The van der Waals surface area contributed by atoms with Crippen LogP contribution in [0.25, 0.3) is 44.4 Å². The normalized spacial score (nSPS) is 19.2. The molecule has 320 valence electrons. The molecule has 0 radical (unpaired) electrons. The Balaban J connectivity index is 0.935. The fourth-order valence-electron chi connectivity index (χ4n) is 9.04. The van der Waals surface area contributed by atoms with Crippen molar-refractivity contribution in [3.63, 3.8) is 0 Å². The Morgan fingerprint density at radius 2 is 1.18 bits per heavy atom. The van der Waals surface area contributed by atoms with Gasteiger partial charge in [-0.3, -0.25) is 9.59 Å². The molecular formula is C46H54N8O7. The summed E-state index contributed by atoms with van der Waals surface area (Å²) in [6.45, 7) is 6.12. The van der Waals surface area contributed by atoms with E-state index in [1.54, 1.807) is 0 Å². The molecule has 3 fully saturated rings. The summed E-state index contributed by atoms with van der Waals surface area (Å²) in [7, 11) is 2.60. The number of benzene rings is 3. The maximum absolute atomic E-state index is 14.0. The van der Waals surface area contributed by atoms with Gasteiger partial charge in [0, 0.05) is 31.9 Å². The summed E-state index contributed by atoms with van der Waals surface area (Å²) in [4.78, 5) is 71.9. The molecule has 3 saturated heterocycles. The molecule has 0 saturated carbocycles. The summed E-state index contributed by atoms with van der Waals surface area (Å²) < 4.78 is 15.2. The lowest BCUT2D eigenvalue weighted by Gasteiger charge is -2.34. The average Bonchev–Trinajstić information content (AvgIpc) is 4.14. The standard InChI is InChI=1S/C46H54N8O7/c1-27(2)39(51-45(57)59-3)43(55)53-19-5-7-37(53)42-48-26-36(50-42)34-16-15-32-23-31(13-14-33(32)24-34)28-9-11-29(12-10-28)35-25-47-41(49-35)38-8-6-20-54(38)44(56)40(52-46(58)60-4)30-17-21-61-22-18-30/h9-16,23-27,30,37-40H,5-8,17-22H2,1-4H3,(H,47,49)(H,48,50)(H,51,57)(H,52,58). The van der Waals surface area contributed by atoms with Crippen molar-refractivity contribution in [2.75, 3.05) is 40.5 Å². The van der Waals surface area contributed by atoms with Gasteiger partial charge in [-0.15, -0.1) is 0 Å². The minimum atomic E-state index is -0.690. The molecule has 61 heavy (non-hydrogen) atoms. The average molecular weight is 831 g/mol.